The number of nitrogens with zero attached hydrogens (tertiary/aromatic N) is 1. The Morgan fingerprint density at radius 3 is 3.00 bits per heavy atom. The molecule has 1 atom stereocenters. The van der Waals surface area contributed by atoms with Crippen molar-refractivity contribution in [2.24, 2.45) is 0 Å². The van der Waals surface area contributed by atoms with E-state index in [0.717, 1.165) is 5.56 Å². The van der Waals surface area contributed by atoms with Gasteiger partial charge in [-0.2, -0.15) is 0 Å². The van der Waals surface area contributed by atoms with Crippen LogP contribution < -0.4 is 0 Å². The van der Waals surface area contributed by atoms with Crippen molar-refractivity contribution in [3.8, 4) is 0 Å². The van der Waals surface area contributed by atoms with E-state index in [1.54, 1.807) is 6.07 Å². The average Bonchev–Trinajstić information content (AvgIpc) is 2.18. The van der Waals surface area contributed by atoms with E-state index in [2.05, 4.69) is 0 Å². The Hall–Kier alpha value is -1.68. The number of rotatable bonds is 1. The third-order valence-electron chi connectivity index (χ3n) is 2.30. The third kappa shape index (κ3) is 1.40. The zero-order chi connectivity index (χ0) is 10.1. The summed E-state index contributed by atoms with van der Waals surface area (Å²) in [6.07, 6.45) is 3.63. The zero-order valence-electron chi connectivity index (χ0n) is 7.38. The van der Waals surface area contributed by atoms with Gasteiger partial charge in [-0.25, -0.2) is 0 Å². The second kappa shape index (κ2) is 3.23. The first-order valence-electron chi connectivity index (χ1n) is 4.31. The summed E-state index contributed by atoms with van der Waals surface area (Å²) in [6.45, 7) is 0. The summed E-state index contributed by atoms with van der Waals surface area (Å²) in [5.41, 5.74) is 1.52. The van der Waals surface area contributed by atoms with Crippen LogP contribution in [-0.2, 0) is 0 Å². The molecule has 0 spiro atoms. The molecule has 2 rings (SSSR count). The predicted octanol–water partition coefficient (Wildman–Crippen LogP) is 2.05. The molecule has 0 saturated carbocycles. The lowest BCUT2D eigenvalue weighted by molar-refractivity contribution is -0.385. The van der Waals surface area contributed by atoms with Gasteiger partial charge in [0.05, 0.1) is 11.0 Å². The van der Waals surface area contributed by atoms with Gasteiger partial charge in [0.2, 0.25) is 0 Å². The van der Waals surface area contributed by atoms with Crippen LogP contribution in [0.25, 0.3) is 6.08 Å². The number of nitro groups is 1. The number of aliphatic hydroxyl groups is 1. The molecule has 4 nitrogen and oxygen atoms in total. The third-order valence-corrected chi connectivity index (χ3v) is 2.30. The van der Waals surface area contributed by atoms with Crippen LogP contribution in [0.5, 0.6) is 0 Å². The van der Waals surface area contributed by atoms with E-state index in [-0.39, 0.29) is 5.69 Å². The second-order valence-electron chi connectivity index (χ2n) is 3.22. The van der Waals surface area contributed by atoms with Gasteiger partial charge in [0.1, 0.15) is 0 Å². The lowest BCUT2D eigenvalue weighted by Crippen LogP contribution is -2.03. The number of non-ortho nitro benzene ring substituents is 1. The molecule has 14 heavy (non-hydrogen) atoms. The lowest BCUT2D eigenvalue weighted by Gasteiger charge is -2.15. The largest absolute Gasteiger partial charge is 0.388 e. The van der Waals surface area contributed by atoms with E-state index in [4.69, 9.17) is 0 Å². The van der Waals surface area contributed by atoms with Crippen LogP contribution in [0.4, 0.5) is 5.69 Å². The summed E-state index contributed by atoms with van der Waals surface area (Å²) < 4.78 is 0. The highest BCUT2D eigenvalue weighted by molar-refractivity contribution is 5.59. The molecule has 4 heteroatoms. The molecule has 0 saturated heterocycles. The van der Waals surface area contributed by atoms with Crippen LogP contribution in [0, 0.1) is 10.1 Å². The second-order valence-corrected chi connectivity index (χ2v) is 3.22. The first-order valence-corrected chi connectivity index (χ1v) is 4.31. The Morgan fingerprint density at radius 2 is 2.29 bits per heavy atom. The van der Waals surface area contributed by atoms with Crippen molar-refractivity contribution in [2.75, 3.05) is 0 Å². The fourth-order valence-corrected chi connectivity index (χ4v) is 1.57. The van der Waals surface area contributed by atoms with Gasteiger partial charge in [0, 0.05) is 12.1 Å². The van der Waals surface area contributed by atoms with E-state index in [0.29, 0.717) is 12.0 Å². The van der Waals surface area contributed by atoms with Gasteiger partial charge in [-0.05, 0) is 23.6 Å². The standard InChI is InChI=1S/C10H9NO3/c12-10-3-1-2-7-4-5-8(11(13)14)6-9(7)10/h1-2,4-6,10,12H,3H2. The Bertz CT molecular complexity index is 412. The van der Waals surface area contributed by atoms with Crippen molar-refractivity contribution >= 4 is 11.8 Å². The van der Waals surface area contributed by atoms with Crippen LogP contribution >= 0.6 is 0 Å². The van der Waals surface area contributed by atoms with Crippen LogP contribution in [0.1, 0.15) is 23.7 Å². The van der Waals surface area contributed by atoms with Crippen molar-refractivity contribution in [3.63, 3.8) is 0 Å². The number of benzene rings is 1. The topological polar surface area (TPSA) is 63.4 Å². The predicted molar refractivity (Wildman–Crippen MR) is 51.7 cm³/mol. The van der Waals surface area contributed by atoms with Gasteiger partial charge in [-0.3, -0.25) is 10.1 Å². The lowest BCUT2D eigenvalue weighted by atomic mass is 9.94. The van der Waals surface area contributed by atoms with Gasteiger partial charge in [0.15, 0.2) is 0 Å². The summed E-state index contributed by atoms with van der Waals surface area (Å²) in [5.74, 6) is 0. The smallest absolute Gasteiger partial charge is 0.269 e. The molecule has 0 heterocycles. The zero-order valence-corrected chi connectivity index (χ0v) is 7.38. The Morgan fingerprint density at radius 1 is 1.50 bits per heavy atom. The van der Waals surface area contributed by atoms with Crippen molar-refractivity contribution in [3.05, 3.63) is 45.5 Å². The number of fused-ring (bicyclic) bond motifs is 1. The van der Waals surface area contributed by atoms with E-state index in [1.807, 2.05) is 12.2 Å². The van der Waals surface area contributed by atoms with Crippen molar-refractivity contribution in [1.29, 1.82) is 0 Å². The molecular formula is C10H9NO3. The minimum Gasteiger partial charge on any atom is -0.388 e. The molecule has 0 fully saturated rings. The molecule has 1 aliphatic rings. The Labute approximate surface area is 80.6 Å². The first kappa shape index (κ1) is 8.90. The number of aliphatic hydroxyl groups excluding tert-OH is 1. The van der Waals surface area contributed by atoms with E-state index >= 15 is 0 Å². The van der Waals surface area contributed by atoms with Crippen LogP contribution in [0.3, 0.4) is 0 Å². The molecule has 1 unspecified atom stereocenters. The average molecular weight is 191 g/mol. The Kier molecular flexibility index (Phi) is 2.05. The van der Waals surface area contributed by atoms with Gasteiger partial charge in [0.25, 0.3) is 5.69 Å². The fourth-order valence-electron chi connectivity index (χ4n) is 1.57. The molecule has 1 aliphatic carbocycles. The molecule has 72 valence electrons. The molecule has 1 aromatic rings. The van der Waals surface area contributed by atoms with Crippen LogP contribution in [0.15, 0.2) is 24.3 Å². The van der Waals surface area contributed by atoms with Crippen molar-refractivity contribution in [1.82, 2.24) is 0 Å². The Balaban J connectivity index is 2.52. The van der Waals surface area contributed by atoms with Crippen molar-refractivity contribution in [2.45, 2.75) is 12.5 Å². The maximum Gasteiger partial charge on any atom is 0.269 e. The normalized spacial score (nSPS) is 19.1. The summed E-state index contributed by atoms with van der Waals surface area (Å²) in [6, 6.07) is 4.54. The minimum absolute atomic E-state index is 0.0260. The monoisotopic (exact) mass is 191 g/mol. The summed E-state index contributed by atoms with van der Waals surface area (Å²) in [4.78, 5) is 10.0. The number of nitro benzene ring substituents is 1. The van der Waals surface area contributed by atoms with E-state index < -0.39 is 11.0 Å². The molecule has 0 radical (unpaired) electrons. The maximum absolute atomic E-state index is 10.5. The number of hydrogen-bond donors (Lipinski definition) is 1. The molecular weight excluding hydrogens is 182 g/mol. The van der Waals surface area contributed by atoms with Gasteiger partial charge < -0.3 is 5.11 Å². The van der Waals surface area contributed by atoms with Crippen LogP contribution in [0.2, 0.25) is 0 Å². The fraction of sp³-hybridized carbons (Fsp3) is 0.200. The van der Waals surface area contributed by atoms with Crippen molar-refractivity contribution < 1.29 is 10.0 Å². The van der Waals surface area contributed by atoms with Gasteiger partial charge in [-0.15, -0.1) is 0 Å². The molecule has 1 aromatic carbocycles. The maximum atomic E-state index is 10.5. The highest BCUT2D eigenvalue weighted by Gasteiger charge is 2.17. The molecule has 0 aliphatic heterocycles. The molecule has 0 amide bonds. The van der Waals surface area contributed by atoms with Crippen LogP contribution in [-0.4, -0.2) is 10.0 Å². The van der Waals surface area contributed by atoms with Gasteiger partial charge in [-0.1, -0.05) is 12.2 Å². The number of hydrogen-bond acceptors (Lipinski definition) is 3. The summed E-state index contributed by atoms with van der Waals surface area (Å²) in [5, 5.41) is 20.1. The molecule has 0 bridgehead atoms. The SMILES string of the molecule is O=[N+]([O-])c1ccc2c(c1)C(O)CC=C2. The van der Waals surface area contributed by atoms with E-state index in [9.17, 15) is 15.2 Å². The molecule has 1 N–H and O–H groups in total. The summed E-state index contributed by atoms with van der Waals surface area (Å²) >= 11 is 0. The molecule has 0 aromatic heterocycles. The van der Waals surface area contributed by atoms with Gasteiger partial charge >= 0.3 is 0 Å². The van der Waals surface area contributed by atoms with E-state index in [1.165, 1.54) is 12.1 Å². The highest BCUT2D eigenvalue weighted by atomic mass is 16.6. The summed E-state index contributed by atoms with van der Waals surface area (Å²) in [7, 11) is 0. The first-order chi connectivity index (χ1) is 6.68. The quantitative estimate of drug-likeness (QED) is 0.545. The minimum atomic E-state index is -0.616. The highest BCUT2D eigenvalue weighted by Crippen LogP contribution is 2.30.